The molecule has 150 valence electrons. The number of hydrogen-bond acceptors (Lipinski definition) is 6. The lowest BCUT2D eigenvalue weighted by Crippen LogP contribution is -2.36. The molecule has 2 aromatic heterocycles. The molecule has 5 rings (SSSR count). The summed E-state index contributed by atoms with van der Waals surface area (Å²) in [7, 11) is 0. The Kier molecular flexibility index (Phi) is 4.20. The molecule has 1 aliphatic carbocycles. The van der Waals surface area contributed by atoms with Crippen molar-refractivity contribution in [2.24, 2.45) is 5.73 Å². The van der Waals surface area contributed by atoms with Crippen LogP contribution in [0.3, 0.4) is 0 Å². The van der Waals surface area contributed by atoms with Crippen molar-refractivity contribution < 1.29 is 18.7 Å². The summed E-state index contributed by atoms with van der Waals surface area (Å²) in [6, 6.07) is 6.13. The summed E-state index contributed by atoms with van der Waals surface area (Å²) < 4.78 is 18.2. The highest BCUT2D eigenvalue weighted by Crippen LogP contribution is 2.41. The van der Waals surface area contributed by atoms with Crippen molar-refractivity contribution in [2.45, 2.75) is 37.9 Å². The van der Waals surface area contributed by atoms with Crippen molar-refractivity contribution in [3.05, 3.63) is 46.8 Å². The molecule has 1 saturated carbocycles. The lowest BCUT2D eigenvalue weighted by Gasteiger charge is -2.21. The van der Waals surface area contributed by atoms with Crippen molar-refractivity contribution >= 4 is 23.6 Å². The Labute approximate surface area is 166 Å². The molecule has 0 radical (unpaired) electrons. The average Bonchev–Trinajstić information content (AvgIpc) is 3.45. The molecule has 4 heterocycles. The summed E-state index contributed by atoms with van der Waals surface area (Å²) in [5.74, 6) is 0.881. The number of ether oxygens (including phenoxy) is 1. The van der Waals surface area contributed by atoms with Gasteiger partial charge in [0.15, 0.2) is 0 Å². The SMILES string of the molecule is NCc1nc(C2CC2)cc2c1CN(c1cccc(N3C(=O)OC[C@@H]3CF)n1)C2=O. The maximum absolute atomic E-state index is 13.3. The maximum Gasteiger partial charge on any atom is 0.416 e. The van der Waals surface area contributed by atoms with Gasteiger partial charge in [-0.1, -0.05) is 6.07 Å². The quantitative estimate of drug-likeness (QED) is 0.831. The molecule has 0 aromatic carbocycles. The van der Waals surface area contributed by atoms with E-state index < -0.39 is 18.8 Å². The van der Waals surface area contributed by atoms with Gasteiger partial charge in [-0.25, -0.2) is 14.2 Å². The molecule has 29 heavy (non-hydrogen) atoms. The number of cyclic esters (lactones) is 1. The fourth-order valence-corrected chi connectivity index (χ4v) is 3.88. The van der Waals surface area contributed by atoms with Crippen molar-refractivity contribution in [3.63, 3.8) is 0 Å². The lowest BCUT2D eigenvalue weighted by atomic mass is 10.1. The van der Waals surface area contributed by atoms with Crippen LogP contribution in [0.15, 0.2) is 24.3 Å². The highest BCUT2D eigenvalue weighted by atomic mass is 19.1. The number of nitrogens with zero attached hydrogens (tertiary/aromatic N) is 4. The first kappa shape index (κ1) is 18.0. The Balaban J connectivity index is 1.49. The van der Waals surface area contributed by atoms with Gasteiger partial charge in [0.2, 0.25) is 0 Å². The molecule has 0 unspecified atom stereocenters. The number of rotatable bonds is 5. The third-order valence-electron chi connectivity index (χ3n) is 5.59. The minimum absolute atomic E-state index is 0.0230. The zero-order valence-corrected chi connectivity index (χ0v) is 15.7. The van der Waals surface area contributed by atoms with E-state index in [1.54, 1.807) is 18.2 Å². The molecule has 0 spiro atoms. The molecule has 2 fully saturated rings. The predicted molar refractivity (Wildman–Crippen MR) is 102 cm³/mol. The molecular weight excluding hydrogens is 377 g/mol. The number of carbonyl (C=O) groups is 2. The van der Waals surface area contributed by atoms with E-state index in [2.05, 4.69) is 9.97 Å². The van der Waals surface area contributed by atoms with E-state index in [0.717, 1.165) is 29.8 Å². The zero-order valence-electron chi connectivity index (χ0n) is 15.7. The lowest BCUT2D eigenvalue weighted by molar-refractivity contribution is 0.0995. The van der Waals surface area contributed by atoms with Crippen LogP contribution in [0.1, 0.15) is 46.1 Å². The molecule has 2 aromatic rings. The van der Waals surface area contributed by atoms with Gasteiger partial charge < -0.3 is 10.5 Å². The van der Waals surface area contributed by atoms with Gasteiger partial charge in [-0.15, -0.1) is 0 Å². The number of fused-ring (bicyclic) bond motifs is 1. The number of pyridine rings is 2. The first-order chi connectivity index (χ1) is 14.1. The minimum Gasteiger partial charge on any atom is -0.447 e. The van der Waals surface area contributed by atoms with Crippen LogP contribution >= 0.6 is 0 Å². The number of amides is 2. The second-order valence-electron chi connectivity index (χ2n) is 7.50. The summed E-state index contributed by atoms with van der Waals surface area (Å²) in [6.07, 6.45) is 1.52. The Morgan fingerprint density at radius 1 is 1.21 bits per heavy atom. The van der Waals surface area contributed by atoms with E-state index in [1.807, 2.05) is 6.07 Å². The Hall–Kier alpha value is -3.07. The van der Waals surface area contributed by atoms with Crippen LogP contribution in [-0.4, -0.2) is 41.3 Å². The molecule has 1 saturated heterocycles. The number of hydrogen-bond donors (Lipinski definition) is 1. The highest BCUT2D eigenvalue weighted by molar-refractivity contribution is 6.10. The van der Waals surface area contributed by atoms with Gasteiger partial charge in [-0.3, -0.25) is 19.6 Å². The van der Waals surface area contributed by atoms with Crippen LogP contribution in [0.2, 0.25) is 0 Å². The zero-order chi connectivity index (χ0) is 20.1. The van der Waals surface area contributed by atoms with Gasteiger partial charge in [0, 0.05) is 29.3 Å². The molecule has 2 amide bonds. The largest absolute Gasteiger partial charge is 0.447 e. The van der Waals surface area contributed by atoms with Gasteiger partial charge in [0.25, 0.3) is 5.91 Å². The molecule has 9 heteroatoms. The topological polar surface area (TPSA) is 102 Å². The number of nitrogens with two attached hydrogens (primary N) is 1. The molecule has 2 N–H and O–H groups in total. The number of halogens is 1. The van der Waals surface area contributed by atoms with Crippen LogP contribution in [0.25, 0.3) is 0 Å². The van der Waals surface area contributed by atoms with Crippen LogP contribution in [0, 0.1) is 0 Å². The van der Waals surface area contributed by atoms with Gasteiger partial charge in [-0.05, 0) is 31.0 Å². The first-order valence-corrected chi connectivity index (χ1v) is 9.64. The first-order valence-electron chi connectivity index (χ1n) is 9.64. The van der Waals surface area contributed by atoms with E-state index in [4.69, 9.17) is 10.5 Å². The van der Waals surface area contributed by atoms with Crippen molar-refractivity contribution in [1.29, 1.82) is 0 Å². The summed E-state index contributed by atoms with van der Waals surface area (Å²) in [5.41, 5.74) is 8.97. The molecule has 8 nitrogen and oxygen atoms in total. The minimum atomic E-state index is -0.735. The molecule has 2 aliphatic heterocycles. The van der Waals surface area contributed by atoms with Crippen molar-refractivity contribution in [1.82, 2.24) is 9.97 Å². The van der Waals surface area contributed by atoms with Crippen molar-refractivity contribution in [2.75, 3.05) is 23.1 Å². The van der Waals surface area contributed by atoms with E-state index in [0.29, 0.717) is 23.8 Å². The smallest absolute Gasteiger partial charge is 0.416 e. The second kappa shape index (κ2) is 6.77. The summed E-state index contributed by atoms with van der Waals surface area (Å²) in [6.45, 7) is -0.187. The molecular formula is C20H20FN5O3. The maximum atomic E-state index is 13.3. The monoisotopic (exact) mass is 397 g/mol. The van der Waals surface area contributed by atoms with Gasteiger partial charge in [0.05, 0.1) is 12.2 Å². The Bertz CT molecular complexity index is 1010. The van der Waals surface area contributed by atoms with Gasteiger partial charge in [-0.2, -0.15) is 0 Å². The number of alkyl halides is 1. The third-order valence-corrected chi connectivity index (χ3v) is 5.59. The average molecular weight is 397 g/mol. The molecule has 3 aliphatic rings. The van der Waals surface area contributed by atoms with Crippen LogP contribution in [0.5, 0.6) is 0 Å². The van der Waals surface area contributed by atoms with E-state index in [1.165, 1.54) is 9.80 Å². The highest BCUT2D eigenvalue weighted by Gasteiger charge is 2.37. The summed E-state index contributed by atoms with van der Waals surface area (Å²) >= 11 is 0. The van der Waals surface area contributed by atoms with Crippen molar-refractivity contribution in [3.8, 4) is 0 Å². The summed E-state index contributed by atoms with van der Waals surface area (Å²) in [4.78, 5) is 37.0. The van der Waals surface area contributed by atoms with Gasteiger partial charge in [0.1, 0.15) is 31.0 Å². The second-order valence-corrected chi connectivity index (χ2v) is 7.50. The number of aromatic nitrogens is 2. The van der Waals surface area contributed by atoms with Crippen LogP contribution in [0.4, 0.5) is 20.8 Å². The van der Waals surface area contributed by atoms with E-state index in [-0.39, 0.29) is 24.9 Å². The molecule has 1 atom stereocenters. The predicted octanol–water partition coefficient (Wildman–Crippen LogP) is 2.27. The van der Waals surface area contributed by atoms with Gasteiger partial charge >= 0.3 is 6.09 Å². The fraction of sp³-hybridized carbons (Fsp3) is 0.400. The third kappa shape index (κ3) is 2.93. The van der Waals surface area contributed by atoms with Crippen LogP contribution < -0.4 is 15.5 Å². The normalized spacial score (nSPS) is 21.0. The molecule has 0 bridgehead atoms. The Morgan fingerprint density at radius 3 is 2.72 bits per heavy atom. The standard InChI is InChI=1S/C20H20FN5O3/c21-7-12-10-29-20(28)26(12)18-3-1-2-17(24-18)25-9-14-13(19(25)27)6-15(11-4-5-11)23-16(14)8-22/h1-3,6,11-12H,4-5,7-10,22H2/t12-/m0/s1. The summed E-state index contributed by atoms with van der Waals surface area (Å²) in [5, 5.41) is 0. The Morgan fingerprint density at radius 2 is 2.00 bits per heavy atom. The van der Waals surface area contributed by atoms with E-state index >= 15 is 0 Å². The van der Waals surface area contributed by atoms with E-state index in [9.17, 15) is 14.0 Å². The number of anilines is 2. The van der Waals surface area contributed by atoms with Crippen LogP contribution in [-0.2, 0) is 17.8 Å². The number of carbonyl (C=O) groups excluding carboxylic acids is 2. The fourth-order valence-electron chi connectivity index (χ4n) is 3.88.